The molecule has 3 rings (SSSR count). The fourth-order valence-electron chi connectivity index (χ4n) is 1.89. The van der Waals surface area contributed by atoms with E-state index in [1.54, 1.807) is 6.07 Å². The molecule has 0 amide bonds. The highest BCUT2D eigenvalue weighted by atomic mass is 79.9. The molecule has 0 saturated heterocycles. The van der Waals surface area contributed by atoms with Crippen molar-refractivity contribution in [1.29, 1.82) is 0 Å². The number of nitrogens with zero attached hydrogens (tertiary/aromatic N) is 2. The first-order valence-electron chi connectivity index (χ1n) is 6.34. The predicted molar refractivity (Wildman–Crippen MR) is 89.3 cm³/mol. The first kappa shape index (κ1) is 14.8. The molecule has 1 heterocycles. The third-order valence-electron chi connectivity index (χ3n) is 3.13. The van der Waals surface area contributed by atoms with Gasteiger partial charge in [0, 0.05) is 16.5 Å². The number of nitrogen functional groups attached to an aromatic ring is 1. The summed E-state index contributed by atoms with van der Waals surface area (Å²) in [6.07, 6.45) is 2.22. The van der Waals surface area contributed by atoms with E-state index in [4.69, 9.17) is 29.0 Å². The molecule has 110 valence electrons. The molecule has 0 unspecified atom stereocenters. The fourth-order valence-corrected chi connectivity index (χ4v) is 2.71. The summed E-state index contributed by atoms with van der Waals surface area (Å²) < 4.78 is 0.741. The van der Waals surface area contributed by atoms with Gasteiger partial charge < -0.3 is 10.7 Å². The number of hydrogen-bond donors (Lipinski definition) is 3. The zero-order chi connectivity index (χ0) is 15.0. The van der Waals surface area contributed by atoms with Crippen molar-refractivity contribution in [3.05, 3.63) is 38.5 Å². The van der Waals surface area contributed by atoms with Crippen molar-refractivity contribution in [2.45, 2.75) is 18.8 Å². The van der Waals surface area contributed by atoms with Crippen LogP contribution in [0.15, 0.2) is 22.7 Å². The number of hydrogen-bond acceptors (Lipinski definition) is 5. The number of aromatic nitrogens is 2. The number of hydrazine groups is 1. The SMILES string of the molecule is NNc1cc(Nc2ccc(Br)c(Cl)c2Cl)nc(C2CC2)n1. The summed E-state index contributed by atoms with van der Waals surface area (Å²) in [6.45, 7) is 0. The third-order valence-corrected chi connectivity index (χ3v) is 4.90. The zero-order valence-electron chi connectivity index (χ0n) is 10.8. The predicted octanol–water partition coefficient (Wildman–Crippen LogP) is 4.45. The standard InChI is InChI=1S/C13H12BrCl2N5/c14-7-3-4-8(12(16)11(7)15)18-9-5-10(21-17)20-13(19-9)6-1-2-6/h3-6H,1-2,17H2,(H2,18,19,20,21). The molecule has 1 saturated carbocycles. The Balaban J connectivity index is 1.94. The van der Waals surface area contributed by atoms with Gasteiger partial charge in [0.25, 0.3) is 0 Å². The van der Waals surface area contributed by atoms with Gasteiger partial charge in [-0.2, -0.15) is 0 Å². The van der Waals surface area contributed by atoms with Gasteiger partial charge in [-0.3, -0.25) is 0 Å². The van der Waals surface area contributed by atoms with Crippen LogP contribution >= 0.6 is 39.1 Å². The van der Waals surface area contributed by atoms with E-state index in [-0.39, 0.29) is 0 Å². The fraction of sp³-hybridized carbons (Fsp3) is 0.231. The molecule has 1 aliphatic carbocycles. The minimum Gasteiger partial charge on any atom is -0.339 e. The molecule has 1 aliphatic rings. The average Bonchev–Trinajstić information content (AvgIpc) is 3.32. The summed E-state index contributed by atoms with van der Waals surface area (Å²) in [7, 11) is 0. The van der Waals surface area contributed by atoms with E-state index >= 15 is 0 Å². The highest BCUT2D eigenvalue weighted by Crippen LogP contribution is 2.40. The van der Waals surface area contributed by atoms with E-state index < -0.39 is 0 Å². The van der Waals surface area contributed by atoms with Gasteiger partial charge in [-0.25, -0.2) is 15.8 Å². The number of anilines is 3. The molecular formula is C13H12BrCl2N5. The van der Waals surface area contributed by atoms with Crippen molar-refractivity contribution in [3.8, 4) is 0 Å². The summed E-state index contributed by atoms with van der Waals surface area (Å²) >= 11 is 15.7. The van der Waals surface area contributed by atoms with Crippen LogP contribution in [0.2, 0.25) is 10.0 Å². The molecule has 0 aliphatic heterocycles. The van der Waals surface area contributed by atoms with E-state index in [1.807, 2.05) is 12.1 Å². The zero-order valence-corrected chi connectivity index (χ0v) is 13.9. The Morgan fingerprint density at radius 1 is 1.14 bits per heavy atom. The van der Waals surface area contributed by atoms with Crippen LogP contribution in [0.4, 0.5) is 17.3 Å². The Hall–Kier alpha value is -1.08. The van der Waals surface area contributed by atoms with Gasteiger partial charge in [0.05, 0.1) is 15.7 Å². The second kappa shape index (κ2) is 5.96. The molecule has 4 N–H and O–H groups in total. The average molecular weight is 389 g/mol. The van der Waals surface area contributed by atoms with Crippen molar-refractivity contribution in [3.63, 3.8) is 0 Å². The maximum absolute atomic E-state index is 6.23. The summed E-state index contributed by atoms with van der Waals surface area (Å²) in [4.78, 5) is 8.86. The number of nitrogens with one attached hydrogen (secondary N) is 2. The van der Waals surface area contributed by atoms with Crippen LogP contribution in [0.5, 0.6) is 0 Å². The molecule has 1 fully saturated rings. The van der Waals surface area contributed by atoms with Gasteiger partial charge in [-0.15, -0.1) is 0 Å². The summed E-state index contributed by atoms with van der Waals surface area (Å²) in [5.41, 5.74) is 3.23. The molecule has 1 aromatic heterocycles. The van der Waals surface area contributed by atoms with Gasteiger partial charge in [0.2, 0.25) is 0 Å². The number of benzene rings is 1. The lowest BCUT2D eigenvalue weighted by molar-refractivity contribution is 0.929. The Kier molecular flexibility index (Phi) is 4.21. The summed E-state index contributed by atoms with van der Waals surface area (Å²) in [5, 5.41) is 4.04. The minimum atomic E-state index is 0.419. The van der Waals surface area contributed by atoms with E-state index in [1.165, 1.54) is 0 Å². The maximum atomic E-state index is 6.23. The van der Waals surface area contributed by atoms with Crippen LogP contribution in [0.3, 0.4) is 0 Å². The first-order valence-corrected chi connectivity index (χ1v) is 7.89. The normalized spacial score (nSPS) is 14.1. The van der Waals surface area contributed by atoms with E-state index in [0.717, 1.165) is 23.1 Å². The highest BCUT2D eigenvalue weighted by Gasteiger charge is 2.27. The van der Waals surface area contributed by atoms with Crippen LogP contribution in [-0.2, 0) is 0 Å². The van der Waals surface area contributed by atoms with Crippen LogP contribution in [0.25, 0.3) is 0 Å². The van der Waals surface area contributed by atoms with Crippen molar-refractivity contribution in [2.75, 3.05) is 10.7 Å². The Morgan fingerprint density at radius 3 is 2.52 bits per heavy atom. The summed E-state index contributed by atoms with van der Waals surface area (Å²) in [5.74, 6) is 7.85. The lowest BCUT2D eigenvalue weighted by atomic mass is 10.3. The van der Waals surface area contributed by atoms with Gasteiger partial charge in [-0.1, -0.05) is 23.2 Å². The van der Waals surface area contributed by atoms with Crippen LogP contribution < -0.4 is 16.6 Å². The van der Waals surface area contributed by atoms with Gasteiger partial charge in [0.15, 0.2) is 0 Å². The smallest absolute Gasteiger partial charge is 0.145 e. The largest absolute Gasteiger partial charge is 0.339 e. The third kappa shape index (κ3) is 3.23. The monoisotopic (exact) mass is 387 g/mol. The second-order valence-electron chi connectivity index (χ2n) is 4.76. The van der Waals surface area contributed by atoms with E-state index in [0.29, 0.717) is 33.3 Å². The van der Waals surface area contributed by atoms with Crippen molar-refractivity contribution in [2.24, 2.45) is 5.84 Å². The number of halogens is 3. The molecule has 21 heavy (non-hydrogen) atoms. The Morgan fingerprint density at radius 2 is 1.86 bits per heavy atom. The quantitative estimate of drug-likeness (QED) is 0.409. The molecule has 0 spiro atoms. The van der Waals surface area contributed by atoms with Crippen LogP contribution in [-0.4, -0.2) is 9.97 Å². The van der Waals surface area contributed by atoms with E-state index in [9.17, 15) is 0 Å². The Bertz CT molecular complexity index is 691. The van der Waals surface area contributed by atoms with Gasteiger partial charge >= 0.3 is 0 Å². The maximum Gasteiger partial charge on any atom is 0.145 e. The first-order chi connectivity index (χ1) is 10.1. The van der Waals surface area contributed by atoms with Crippen molar-refractivity contribution < 1.29 is 0 Å². The number of nitrogens with two attached hydrogens (primary N) is 1. The highest BCUT2D eigenvalue weighted by molar-refractivity contribution is 9.10. The van der Waals surface area contributed by atoms with Crippen molar-refractivity contribution in [1.82, 2.24) is 9.97 Å². The molecule has 0 atom stereocenters. The minimum absolute atomic E-state index is 0.419. The molecule has 5 nitrogen and oxygen atoms in total. The van der Waals surface area contributed by atoms with Crippen molar-refractivity contribution >= 4 is 56.5 Å². The molecule has 0 bridgehead atoms. The topological polar surface area (TPSA) is 75.9 Å². The molecule has 0 radical (unpaired) electrons. The molecule has 1 aromatic carbocycles. The van der Waals surface area contributed by atoms with Crippen LogP contribution in [0.1, 0.15) is 24.6 Å². The van der Waals surface area contributed by atoms with Gasteiger partial charge in [-0.05, 0) is 40.9 Å². The molecular weight excluding hydrogens is 377 g/mol. The second-order valence-corrected chi connectivity index (χ2v) is 6.37. The molecule has 8 heteroatoms. The summed E-state index contributed by atoms with van der Waals surface area (Å²) in [6, 6.07) is 5.37. The lowest BCUT2D eigenvalue weighted by Gasteiger charge is -2.12. The lowest BCUT2D eigenvalue weighted by Crippen LogP contribution is -2.11. The van der Waals surface area contributed by atoms with Crippen LogP contribution in [0, 0.1) is 0 Å². The number of rotatable bonds is 4. The molecule has 2 aromatic rings. The van der Waals surface area contributed by atoms with Gasteiger partial charge in [0.1, 0.15) is 17.5 Å². The van der Waals surface area contributed by atoms with E-state index in [2.05, 4.69) is 36.6 Å². The Labute approximate surface area is 140 Å².